The number of hydrogen-bond donors (Lipinski definition) is 2. The summed E-state index contributed by atoms with van der Waals surface area (Å²) < 4.78 is 5.84. The molecule has 2 heterocycles. The SMILES string of the molecule is CC(C)(NC(=O)c1cccc2c1OCCNC2)c1ncnc2ccccc12. The van der Waals surface area contributed by atoms with Crippen LogP contribution < -0.4 is 15.4 Å². The zero-order valence-corrected chi connectivity index (χ0v) is 15.5. The van der Waals surface area contributed by atoms with Crippen LogP contribution in [0.15, 0.2) is 48.8 Å². The van der Waals surface area contributed by atoms with Gasteiger partial charge in [-0.1, -0.05) is 30.3 Å². The topological polar surface area (TPSA) is 76.1 Å². The minimum atomic E-state index is -0.675. The lowest BCUT2D eigenvalue weighted by Crippen LogP contribution is -2.42. The van der Waals surface area contributed by atoms with Crippen LogP contribution >= 0.6 is 0 Å². The number of nitrogens with one attached hydrogen (secondary N) is 2. The molecule has 138 valence electrons. The summed E-state index contributed by atoms with van der Waals surface area (Å²) in [7, 11) is 0. The highest BCUT2D eigenvalue weighted by atomic mass is 16.5. The lowest BCUT2D eigenvalue weighted by atomic mass is 9.95. The summed E-state index contributed by atoms with van der Waals surface area (Å²) in [6.07, 6.45) is 1.54. The van der Waals surface area contributed by atoms with Gasteiger partial charge in [-0.05, 0) is 26.0 Å². The number of benzene rings is 2. The molecule has 6 nitrogen and oxygen atoms in total. The predicted molar refractivity (Wildman–Crippen MR) is 104 cm³/mol. The maximum absolute atomic E-state index is 13.1. The molecule has 27 heavy (non-hydrogen) atoms. The zero-order valence-electron chi connectivity index (χ0n) is 15.5. The first-order chi connectivity index (χ1) is 13.1. The molecule has 0 saturated carbocycles. The molecule has 0 fully saturated rings. The van der Waals surface area contributed by atoms with Crippen molar-refractivity contribution in [2.24, 2.45) is 0 Å². The van der Waals surface area contributed by atoms with Gasteiger partial charge in [-0.15, -0.1) is 0 Å². The Balaban J connectivity index is 1.68. The Morgan fingerprint density at radius 1 is 1.15 bits per heavy atom. The third-order valence-electron chi connectivity index (χ3n) is 4.74. The summed E-state index contributed by atoms with van der Waals surface area (Å²) in [5.41, 5.74) is 2.50. The van der Waals surface area contributed by atoms with Crippen LogP contribution in [-0.2, 0) is 12.1 Å². The van der Waals surface area contributed by atoms with Gasteiger partial charge in [0, 0.05) is 24.0 Å². The van der Waals surface area contributed by atoms with Gasteiger partial charge in [0.15, 0.2) is 0 Å². The van der Waals surface area contributed by atoms with E-state index in [4.69, 9.17) is 4.74 Å². The Morgan fingerprint density at radius 3 is 2.89 bits per heavy atom. The van der Waals surface area contributed by atoms with Crippen molar-refractivity contribution in [3.05, 3.63) is 65.6 Å². The molecule has 2 N–H and O–H groups in total. The molecule has 1 aliphatic rings. The van der Waals surface area contributed by atoms with Gasteiger partial charge in [-0.2, -0.15) is 0 Å². The smallest absolute Gasteiger partial charge is 0.255 e. The molecule has 1 aliphatic heterocycles. The summed E-state index contributed by atoms with van der Waals surface area (Å²) in [6, 6.07) is 13.5. The number of amides is 1. The Labute approximate surface area is 158 Å². The summed E-state index contributed by atoms with van der Waals surface area (Å²) in [5.74, 6) is 0.477. The number of ether oxygens (including phenoxy) is 1. The Morgan fingerprint density at radius 2 is 2.00 bits per heavy atom. The van der Waals surface area contributed by atoms with Crippen LogP contribution in [0.3, 0.4) is 0 Å². The molecule has 2 aromatic carbocycles. The monoisotopic (exact) mass is 362 g/mol. The first kappa shape index (κ1) is 17.4. The highest BCUT2D eigenvalue weighted by Gasteiger charge is 2.29. The van der Waals surface area contributed by atoms with E-state index in [-0.39, 0.29) is 5.91 Å². The lowest BCUT2D eigenvalue weighted by molar-refractivity contribution is 0.0907. The van der Waals surface area contributed by atoms with Gasteiger partial charge in [0.2, 0.25) is 0 Å². The van der Waals surface area contributed by atoms with Crippen molar-refractivity contribution in [3.63, 3.8) is 0 Å². The molecule has 0 spiro atoms. The van der Waals surface area contributed by atoms with Crippen molar-refractivity contribution in [2.45, 2.75) is 25.9 Å². The summed E-state index contributed by atoms with van der Waals surface area (Å²) in [6.45, 7) is 5.88. The predicted octanol–water partition coefficient (Wildman–Crippen LogP) is 2.78. The molecular weight excluding hydrogens is 340 g/mol. The standard InChI is InChI=1S/C21H22N4O2/c1-21(2,19-15-7-3-4-9-17(15)23-13-24-19)25-20(26)16-8-5-6-14-12-22-10-11-27-18(14)16/h3-9,13,22H,10-12H2,1-2H3,(H,25,26). The van der Waals surface area contributed by atoms with Crippen molar-refractivity contribution in [2.75, 3.05) is 13.2 Å². The molecule has 1 aromatic heterocycles. The van der Waals surface area contributed by atoms with Gasteiger partial charge in [-0.3, -0.25) is 4.79 Å². The van der Waals surface area contributed by atoms with Crippen LogP contribution in [0.25, 0.3) is 10.9 Å². The molecular formula is C21H22N4O2. The summed E-state index contributed by atoms with van der Waals surface area (Å²) in [5, 5.41) is 7.34. The maximum atomic E-state index is 13.1. The second-order valence-electron chi connectivity index (χ2n) is 7.14. The molecule has 0 unspecified atom stereocenters. The Bertz CT molecular complexity index is 995. The molecule has 0 aliphatic carbocycles. The second-order valence-corrected chi connectivity index (χ2v) is 7.14. The lowest BCUT2D eigenvalue weighted by Gasteiger charge is -2.27. The molecule has 4 rings (SSSR count). The second kappa shape index (κ2) is 6.96. The number of rotatable bonds is 3. The van der Waals surface area contributed by atoms with Crippen LogP contribution in [0, 0.1) is 0 Å². The summed E-state index contributed by atoms with van der Waals surface area (Å²) >= 11 is 0. The molecule has 0 radical (unpaired) electrons. The largest absolute Gasteiger partial charge is 0.491 e. The zero-order chi connectivity index (χ0) is 18.9. The van der Waals surface area contributed by atoms with Crippen molar-refractivity contribution in [3.8, 4) is 5.75 Å². The quantitative estimate of drug-likeness (QED) is 0.749. The van der Waals surface area contributed by atoms with Gasteiger partial charge in [0.1, 0.15) is 18.7 Å². The Hall–Kier alpha value is -2.99. The van der Waals surface area contributed by atoms with Gasteiger partial charge in [0.25, 0.3) is 5.91 Å². The average molecular weight is 362 g/mol. The van der Waals surface area contributed by atoms with E-state index in [2.05, 4.69) is 20.6 Å². The van der Waals surface area contributed by atoms with E-state index in [1.54, 1.807) is 6.07 Å². The fraction of sp³-hybridized carbons (Fsp3) is 0.286. The maximum Gasteiger partial charge on any atom is 0.255 e. The van der Waals surface area contributed by atoms with Gasteiger partial charge >= 0.3 is 0 Å². The van der Waals surface area contributed by atoms with Crippen LogP contribution in [0.1, 0.15) is 35.5 Å². The van der Waals surface area contributed by atoms with E-state index in [1.165, 1.54) is 6.33 Å². The number of carbonyl (C=O) groups is 1. The van der Waals surface area contributed by atoms with Crippen LogP contribution in [0.2, 0.25) is 0 Å². The molecule has 1 amide bonds. The highest BCUT2D eigenvalue weighted by Crippen LogP contribution is 2.29. The number of aromatic nitrogens is 2. The molecule has 0 bridgehead atoms. The normalized spacial score (nSPS) is 14.1. The summed E-state index contributed by atoms with van der Waals surface area (Å²) in [4.78, 5) is 21.9. The van der Waals surface area contributed by atoms with Gasteiger partial charge in [-0.25, -0.2) is 9.97 Å². The number of nitrogens with zero attached hydrogens (tertiary/aromatic N) is 2. The number of hydrogen-bond acceptors (Lipinski definition) is 5. The van der Waals surface area contributed by atoms with Gasteiger partial charge in [0.05, 0.1) is 22.3 Å². The number of carbonyl (C=O) groups excluding carboxylic acids is 1. The van der Waals surface area contributed by atoms with E-state index >= 15 is 0 Å². The number of para-hydroxylation sites is 2. The van der Waals surface area contributed by atoms with Crippen molar-refractivity contribution >= 4 is 16.8 Å². The van der Waals surface area contributed by atoms with Gasteiger partial charge < -0.3 is 15.4 Å². The van der Waals surface area contributed by atoms with E-state index < -0.39 is 5.54 Å². The molecule has 0 saturated heterocycles. The third-order valence-corrected chi connectivity index (χ3v) is 4.74. The third kappa shape index (κ3) is 3.36. The molecule has 3 aromatic rings. The molecule has 6 heteroatoms. The average Bonchev–Trinajstić information content (AvgIpc) is 2.92. The highest BCUT2D eigenvalue weighted by molar-refractivity contribution is 5.98. The van der Waals surface area contributed by atoms with E-state index in [1.807, 2.05) is 50.2 Å². The van der Waals surface area contributed by atoms with Crippen LogP contribution in [0.5, 0.6) is 5.75 Å². The van der Waals surface area contributed by atoms with Crippen molar-refractivity contribution in [1.82, 2.24) is 20.6 Å². The first-order valence-electron chi connectivity index (χ1n) is 9.04. The number of fused-ring (bicyclic) bond motifs is 2. The van der Waals surface area contributed by atoms with Crippen LogP contribution in [-0.4, -0.2) is 29.0 Å². The fourth-order valence-corrected chi connectivity index (χ4v) is 3.43. The van der Waals surface area contributed by atoms with Crippen molar-refractivity contribution in [1.29, 1.82) is 0 Å². The Kier molecular flexibility index (Phi) is 4.49. The van der Waals surface area contributed by atoms with E-state index in [9.17, 15) is 4.79 Å². The van der Waals surface area contributed by atoms with Crippen LogP contribution in [0.4, 0.5) is 0 Å². The van der Waals surface area contributed by atoms with Crippen molar-refractivity contribution < 1.29 is 9.53 Å². The first-order valence-corrected chi connectivity index (χ1v) is 9.04. The minimum Gasteiger partial charge on any atom is -0.491 e. The fourth-order valence-electron chi connectivity index (χ4n) is 3.43. The van der Waals surface area contributed by atoms with E-state index in [0.717, 1.165) is 28.7 Å². The molecule has 0 atom stereocenters. The minimum absolute atomic E-state index is 0.179. The van der Waals surface area contributed by atoms with E-state index in [0.29, 0.717) is 24.5 Å².